The number of Topliss-reactive ketones (excluding diaryl/α,β-unsaturated/α-hetero) is 1. The fraction of sp³-hybridized carbons (Fsp3) is 0.375. The van der Waals surface area contributed by atoms with Gasteiger partial charge in [0.15, 0.2) is 0 Å². The van der Waals surface area contributed by atoms with E-state index in [2.05, 4.69) is 15.9 Å². The van der Waals surface area contributed by atoms with E-state index in [9.17, 15) is 14.2 Å². The average Bonchev–Trinajstić information content (AvgIpc) is 2.36. The molecular formula is C16H21BrNO4P. The first-order valence-electron chi connectivity index (χ1n) is 7.03. The van der Waals surface area contributed by atoms with Gasteiger partial charge >= 0.3 is 5.97 Å². The third-order valence-corrected chi connectivity index (χ3v) is 6.35. The summed E-state index contributed by atoms with van der Waals surface area (Å²) < 4.78 is 19.1. The number of allylic oxidation sites excluding steroid dienone is 1. The van der Waals surface area contributed by atoms with E-state index in [1.54, 1.807) is 26.0 Å². The smallest absolute Gasteiger partial charge is 0.313 e. The predicted octanol–water partition coefficient (Wildman–Crippen LogP) is 3.44. The molecular weight excluding hydrogens is 381 g/mol. The molecule has 0 aliphatic rings. The molecule has 1 unspecified atom stereocenters. The molecule has 1 atom stereocenters. The number of ether oxygens (including phenoxy) is 1. The SMILES string of the molecule is CC(=O)CC(=O)OCC(=C(C)C)P(N)(=O)c1ccc(Br)cc1C. The van der Waals surface area contributed by atoms with Crippen LogP contribution in [-0.2, 0) is 18.9 Å². The maximum absolute atomic E-state index is 13.2. The molecule has 0 radical (unpaired) electrons. The van der Waals surface area contributed by atoms with Gasteiger partial charge in [0.1, 0.15) is 18.8 Å². The van der Waals surface area contributed by atoms with E-state index in [-0.39, 0.29) is 18.8 Å². The van der Waals surface area contributed by atoms with Gasteiger partial charge in [-0.2, -0.15) is 0 Å². The van der Waals surface area contributed by atoms with E-state index in [1.807, 2.05) is 13.0 Å². The summed E-state index contributed by atoms with van der Waals surface area (Å²) in [6.45, 7) is 6.48. The molecule has 5 nitrogen and oxygen atoms in total. The number of aryl methyl sites for hydroxylation is 1. The summed E-state index contributed by atoms with van der Waals surface area (Å²) in [7, 11) is -3.36. The van der Waals surface area contributed by atoms with Crippen LogP contribution in [0.25, 0.3) is 0 Å². The summed E-state index contributed by atoms with van der Waals surface area (Å²) in [6, 6.07) is 5.31. The van der Waals surface area contributed by atoms with Crippen molar-refractivity contribution < 1.29 is 18.9 Å². The van der Waals surface area contributed by atoms with Crippen LogP contribution in [0.4, 0.5) is 0 Å². The van der Waals surface area contributed by atoms with E-state index in [4.69, 9.17) is 10.2 Å². The molecule has 0 fully saturated rings. The number of hydrogen-bond acceptors (Lipinski definition) is 4. The Bertz CT molecular complexity index is 708. The van der Waals surface area contributed by atoms with E-state index < -0.39 is 13.3 Å². The van der Waals surface area contributed by atoms with Crippen LogP contribution >= 0.6 is 23.2 Å². The van der Waals surface area contributed by atoms with Gasteiger partial charge in [-0.3, -0.25) is 19.7 Å². The molecule has 0 spiro atoms. The number of hydrogen-bond donors (Lipinski definition) is 1. The quantitative estimate of drug-likeness (QED) is 0.448. The first-order valence-corrected chi connectivity index (χ1v) is 9.60. The number of benzene rings is 1. The van der Waals surface area contributed by atoms with Crippen molar-refractivity contribution in [2.24, 2.45) is 5.50 Å². The highest BCUT2D eigenvalue weighted by molar-refractivity contribution is 9.10. The van der Waals surface area contributed by atoms with Crippen LogP contribution in [0.1, 0.15) is 32.8 Å². The molecule has 0 aromatic heterocycles. The lowest BCUT2D eigenvalue weighted by Crippen LogP contribution is -2.20. The van der Waals surface area contributed by atoms with Gasteiger partial charge < -0.3 is 4.74 Å². The molecule has 0 saturated carbocycles. The first kappa shape index (κ1) is 19.8. The van der Waals surface area contributed by atoms with Gasteiger partial charge in [-0.05, 0) is 51.5 Å². The maximum atomic E-state index is 13.2. The molecule has 0 aliphatic heterocycles. The van der Waals surface area contributed by atoms with E-state index in [0.717, 1.165) is 15.6 Å². The first-order chi connectivity index (χ1) is 10.6. The molecule has 2 N–H and O–H groups in total. The van der Waals surface area contributed by atoms with Crippen molar-refractivity contribution >= 4 is 40.3 Å². The van der Waals surface area contributed by atoms with Crippen LogP contribution in [0.5, 0.6) is 0 Å². The lowest BCUT2D eigenvalue weighted by Gasteiger charge is -2.21. The molecule has 23 heavy (non-hydrogen) atoms. The van der Waals surface area contributed by atoms with Gasteiger partial charge in [-0.15, -0.1) is 0 Å². The van der Waals surface area contributed by atoms with Gasteiger partial charge in [0.2, 0.25) is 7.29 Å². The van der Waals surface area contributed by atoms with Crippen molar-refractivity contribution in [2.75, 3.05) is 6.61 Å². The molecule has 0 saturated heterocycles. The average molecular weight is 402 g/mol. The fourth-order valence-electron chi connectivity index (χ4n) is 2.11. The minimum Gasteiger partial charge on any atom is -0.460 e. The van der Waals surface area contributed by atoms with Crippen LogP contribution in [0.3, 0.4) is 0 Å². The number of rotatable bonds is 6. The number of carbonyl (C=O) groups is 2. The zero-order valence-corrected chi connectivity index (χ0v) is 16.2. The highest BCUT2D eigenvalue weighted by atomic mass is 79.9. The third kappa shape index (κ3) is 5.41. The zero-order chi connectivity index (χ0) is 17.8. The second-order valence-electron chi connectivity index (χ2n) is 5.57. The summed E-state index contributed by atoms with van der Waals surface area (Å²) in [5, 5.41) is 0.916. The Labute approximate surface area is 144 Å². The lowest BCUT2D eigenvalue weighted by molar-refractivity contribution is -0.144. The van der Waals surface area contributed by atoms with E-state index in [1.165, 1.54) is 6.92 Å². The summed E-state index contributed by atoms with van der Waals surface area (Å²) in [5.41, 5.74) is 7.67. The largest absolute Gasteiger partial charge is 0.460 e. The second kappa shape index (κ2) is 8.04. The summed E-state index contributed by atoms with van der Waals surface area (Å²) in [5.74, 6) is -0.933. The van der Waals surface area contributed by atoms with Gasteiger partial charge in [-0.25, -0.2) is 0 Å². The van der Waals surface area contributed by atoms with Gasteiger partial charge in [-0.1, -0.05) is 21.5 Å². The second-order valence-corrected chi connectivity index (χ2v) is 8.83. The molecule has 7 heteroatoms. The minimum atomic E-state index is -3.36. The molecule has 0 heterocycles. The standard InChI is InChI=1S/C16H21BrNO4P/c1-10(2)15(9-22-16(20)8-12(4)19)23(18,21)14-6-5-13(17)7-11(14)3/h5-7H,8-9H2,1-4H3,(H2,18,21). The van der Waals surface area contributed by atoms with Gasteiger partial charge in [0, 0.05) is 15.1 Å². The number of esters is 1. The topological polar surface area (TPSA) is 86.5 Å². The number of ketones is 1. The van der Waals surface area contributed by atoms with Crippen molar-refractivity contribution in [1.29, 1.82) is 0 Å². The van der Waals surface area contributed by atoms with Crippen molar-refractivity contribution in [2.45, 2.75) is 34.1 Å². The Morgan fingerprint density at radius 2 is 1.87 bits per heavy atom. The molecule has 0 bridgehead atoms. The van der Waals surface area contributed by atoms with Crippen LogP contribution < -0.4 is 10.8 Å². The molecule has 1 rings (SSSR count). The fourth-order valence-corrected chi connectivity index (χ4v) is 4.68. The normalized spacial score (nSPS) is 13.1. The van der Waals surface area contributed by atoms with Crippen LogP contribution in [0, 0.1) is 6.92 Å². The number of nitrogens with two attached hydrogens (primary N) is 1. The Morgan fingerprint density at radius 3 is 2.35 bits per heavy atom. The van der Waals surface area contributed by atoms with Crippen molar-refractivity contribution in [3.63, 3.8) is 0 Å². The Morgan fingerprint density at radius 1 is 1.26 bits per heavy atom. The van der Waals surface area contributed by atoms with E-state index >= 15 is 0 Å². The summed E-state index contributed by atoms with van der Waals surface area (Å²) in [6.07, 6.45) is -0.303. The van der Waals surface area contributed by atoms with Gasteiger partial charge in [0.05, 0.1) is 0 Å². The molecule has 0 aliphatic carbocycles. The Hall–Kier alpha value is -1.23. The van der Waals surface area contributed by atoms with E-state index in [0.29, 0.717) is 10.6 Å². The van der Waals surface area contributed by atoms with Crippen LogP contribution in [0.2, 0.25) is 0 Å². The van der Waals surface area contributed by atoms with Crippen molar-refractivity contribution in [3.05, 3.63) is 39.1 Å². The molecule has 0 amide bonds. The van der Waals surface area contributed by atoms with Gasteiger partial charge in [0.25, 0.3) is 0 Å². The molecule has 1 aromatic rings. The molecule has 1 aromatic carbocycles. The minimum absolute atomic E-state index is 0.183. The predicted molar refractivity (Wildman–Crippen MR) is 94.9 cm³/mol. The highest BCUT2D eigenvalue weighted by Crippen LogP contribution is 2.47. The highest BCUT2D eigenvalue weighted by Gasteiger charge is 2.28. The summed E-state index contributed by atoms with van der Waals surface area (Å²) >= 11 is 3.36. The summed E-state index contributed by atoms with van der Waals surface area (Å²) in [4.78, 5) is 22.5. The number of carbonyl (C=O) groups excluding carboxylic acids is 2. The number of halogens is 1. The van der Waals surface area contributed by atoms with Crippen molar-refractivity contribution in [3.8, 4) is 0 Å². The lowest BCUT2D eigenvalue weighted by atomic mass is 10.2. The Balaban J connectivity index is 3.10. The Kier molecular flexibility index (Phi) is 6.93. The van der Waals surface area contributed by atoms with Crippen LogP contribution in [0.15, 0.2) is 33.6 Å². The monoisotopic (exact) mass is 401 g/mol. The third-order valence-electron chi connectivity index (χ3n) is 3.26. The van der Waals surface area contributed by atoms with Crippen LogP contribution in [-0.4, -0.2) is 18.4 Å². The maximum Gasteiger partial charge on any atom is 0.313 e. The zero-order valence-electron chi connectivity index (χ0n) is 13.7. The van der Waals surface area contributed by atoms with Crippen molar-refractivity contribution in [1.82, 2.24) is 0 Å². The molecule has 126 valence electrons.